The Balaban J connectivity index is 1.38. The summed E-state index contributed by atoms with van der Waals surface area (Å²) in [5.74, 6) is 0.345. The highest BCUT2D eigenvalue weighted by atomic mass is 35.5. The van der Waals surface area contributed by atoms with Crippen molar-refractivity contribution in [3.05, 3.63) is 69.6 Å². The number of hydrogen-bond acceptors (Lipinski definition) is 4. The molecular formula is C21H20ClN3O3. The number of rotatable bonds is 4. The van der Waals surface area contributed by atoms with Crippen LogP contribution in [0.2, 0.25) is 5.02 Å². The van der Waals surface area contributed by atoms with E-state index >= 15 is 0 Å². The maximum Gasteiger partial charge on any atom is 0.252 e. The largest absolute Gasteiger partial charge is 0.474 e. The third kappa shape index (κ3) is 4.17. The van der Waals surface area contributed by atoms with Crippen molar-refractivity contribution in [3.63, 3.8) is 0 Å². The lowest BCUT2D eigenvalue weighted by Crippen LogP contribution is -2.40. The smallest absolute Gasteiger partial charge is 0.252 e. The van der Waals surface area contributed by atoms with Gasteiger partial charge in [-0.1, -0.05) is 29.8 Å². The second kappa shape index (κ2) is 8.02. The van der Waals surface area contributed by atoms with Crippen LogP contribution in [0.3, 0.4) is 0 Å². The number of amides is 1. The van der Waals surface area contributed by atoms with Crippen LogP contribution < -0.4 is 15.6 Å². The Hall–Kier alpha value is -2.86. The van der Waals surface area contributed by atoms with Crippen LogP contribution in [0, 0.1) is 0 Å². The van der Waals surface area contributed by atoms with Crippen LogP contribution >= 0.6 is 11.6 Å². The van der Waals surface area contributed by atoms with Gasteiger partial charge in [-0.3, -0.25) is 9.59 Å². The van der Waals surface area contributed by atoms with E-state index in [0.29, 0.717) is 22.0 Å². The molecule has 7 heteroatoms. The van der Waals surface area contributed by atoms with Crippen molar-refractivity contribution >= 4 is 28.4 Å². The average molecular weight is 398 g/mol. The quantitative estimate of drug-likeness (QED) is 0.703. The normalized spacial score (nSPS) is 19.3. The molecule has 0 saturated heterocycles. The molecular weight excluding hydrogens is 378 g/mol. The van der Waals surface area contributed by atoms with E-state index < -0.39 is 0 Å². The fourth-order valence-corrected chi connectivity index (χ4v) is 3.70. The Bertz CT molecular complexity index is 1040. The van der Waals surface area contributed by atoms with Gasteiger partial charge in [0.15, 0.2) is 0 Å². The van der Waals surface area contributed by atoms with Crippen molar-refractivity contribution < 1.29 is 9.53 Å². The summed E-state index contributed by atoms with van der Waals surface area (Å²) in [6.07, 6.45) is 4.91. The number of nitrogens with zero attached hydrogens (tertiary/aromatic N) is 1. The Morgan fingerprint density at radius 3 is 2.68 bits per heavy atom. The molecule has 0 spiro atoms. The molecule has 0 unspecified atom stereocenters. The summed E-state index contributed by atoms with van der Waals surface area (Å²) in [7, 11) is 0. The molecule has 1 saturated carbocycles. The third-order valence-electron chi connectivity index (χ3n) is 4.99. The molecule has 1 aromatic carbocycles. The molecule has 2 N–H and O–H groups in total. The average Bonchev–Trinajstić information content (AvgIpc) is 2.70. The summed E-state index contributed by atoms with van der Waals surface area (Å²) < 4.78 is 5.89. The first-order valence-electron chi connectivity index (χ1n) is 9.29. The van der Waals surface area contributed by atoms with E-state index in [1.807, 2.05) is 18.2 Å². The summed E-state index contributed by atoms with van der Waals surface area (Å²) in [5, 5.41) is 4.38. The lowest BCUT2D eigenvalue weighted by atomic mass is 9.92. The summed E-state index contributed by atoms with van der Waals surface area (Å²) in [5.41, 5.74) is 0.784. The first kappa shape index (κ1) is 18.5. The van der Waals surface area contributed by atoms with Crippen LogP contribution in [-0.2, 0) is 0 Å². The van der Waals surface area contributed by atoms with Crippen molar-refractivity contribution in [2.24, 2.45) is 0 Å². The summed E-state index contributed by atoms with van der Waals surface area (Å²) in [6, 6.07) is 12.2. The molecule has 2 aromatic heterocycles. The zero-order valence-electron chi connectivity index (χ0n) is 15.2. The van der Waals surface area contributed by atoms with E-state index in [2.05, 4.69) is 15.3 Å². The molecule has 0 aliphatic heterocycles. The number of fused-ring (bicyclic) bond motifs is 1. The van der Waals surface area contributed by atoms with Crippen LogP contribution in [0.5, 0.6) is 5.88 Å². The standard InChI is InChI=1S/C21H20ClN3O3/c22-13-5-10-20(23-12-13)28-15-8-6-14(7-9-15)24-21(27)17-11-19(26)25-18-4-2-1-3-16(17)18/h1-5,10-12,14-15H,6-9H2,(H,24,27)(H,25,26). The number of hydrogen-bond donors (Lipinski definition) is 2. The molecule has 0 bridgehead atoms. The van der Waals surface area contributed by atoms with Gasteiger partial charge in [-0.05, 0) is 37.8 Å². The van der Waals surface area contributed by atoms with Crippen LogP contribution in [0.4, 0.5) is 0 Å². The minimum Gasteiger partial charge on any atom is -0.474 e. The molecule has 144 valence electrons. The van der Waals surface area contributed by atoms with E-state index in [1.54, 1.807) is 24.4 Å². The van der Waals surface area contributed by atoms with Gasteiger partial charge in [0.25, 0.3) is 5.91 Å². The van der Waals surface area contributed by atoms with E-state index in [0.717, 1.165) is 31.1 Å². The predicted molar refractivity (Wildman–Crippen MR) is 108 cm³/mol. The Morgan fingerprint density at radius 2 is 1.93 bits per heavy atom. The van der Waals surface area contributed by atoms with E-state index in [1.165, 1.54) is 6.07 Å². The summed E-state index contributed by atoms with van der Waals surface area (Å²) in [4.78, 5) is 31.6. The molecule has 28 heavy (non-hydrogen) atoms. The third-order valence-corrected chi connectivity index (χ3v) is 5.22. The van der Waals surface area contributed by atoms with E-state index in [9.17, 15) is 9.59 Å². The van der Waals surface area contributed by atoms with Crippen molar-refractivity contribution in [1.29, 1.82) is 0 Å². The number of aromatic nitrogens is 2. The highest BCUT2D eigenvalue weighted by Crippen LogP contribution is 2.24. The number of para-hydroxylation sites is 1. The maximum atomic E-state index is 12.8. The summed E-state index contributed by atoms with van der Waals surface area (Å²) >= 11 is 5.84. The number of pyridine rings is 2. The first-order chi connectivity index (χ1) is 13.6. The van der Waals surface area contributed by atoms with Gasteiger partial charge in [-0.2, -0.15) is 0 Å². The Labute approximate surface area is 166 Å². The highest BCUT2D eigenvalue weighted by molar-refractivity contribution is 6.30. The number of H-pyrrole nitrogens is 1. The fraction of sp³-hybridized carbons (Fsp3) is 0.286. The molecule has 1 aliphatic carbocycles. The number of carbonyl (C=O) groups excluding carboxylic acids is 1. The number of aromatic amines is 1. The Kier molecular flexibility index (Phi) is 5.30. The zero-order valence-corrected chi connectivity index (χ0v) is 15.9. The van der Waals surface area contributed by atoms with Crippen molar-refractivity contribution in [1.82, 2.24) is 15.3 Å². The number of benzene rings is 1. The number of carbonyl (C=O) groups is 1. The van der Waals surface area contributed by atoms with Gasteiger partial charge in [-0.25, -0.2) is 4.98 Å². The fourth-order valence-electron chi connectivity index (χ4n) is 3.58. The van der Waals surface area contributed by atoms with Crippen molar-refractivity contribution in [3.8, 4) is 5.88 Å². The highest BCUT2D eigenvalue weighted by Gasteiger charge is 2.25. The van der Waals surface area contributed by atoms with E-state index in [-0.39, 0.29) is 23.6 Å². The predicted octanol–water partition coefficient (Wildman–Crippen LogP) is 3.70. The lowest BCUT2D eigenvalue weighted by Gasteiger charge is -2.29. The Morgan fingerprint density at radius 1 is 1.14 bits per heavy atom. The minimum absolute atomic E-state index is 0.0589. The van der Waals surface area contributed by atoms with Crippen LogP contribution in [0.1, 0.15) is 36.0 Å². The van der Waals surface area contributed by atoms with Gasteiger partial charge in [0.05, 0.1) is 10.6 Å². The molecule has 1 fully saturated rings. The van der Waals surface area contributed by atoms with Gasteiger partial charge < -0.3 is 15.0 Å². The SMILES string of the molecule is O=C(NC1CCC(Oc2ccc(Cl)cn2)CC1)c1cc(=O)[nH]c2ccccc12. The maximum absolute atomic E-state index is 12.8. The second-order valence-corrected chi connectivity index (χ2v) is 7.41. The van der Waals surface area contributed by atoms with Gasteiger partial charge in [0, 0.05) is 35.3 Å². The lowest BCUT2D eigenvalue weighted by molar-refractivity contribution is 0.0891. The van der Waals surface area contributed by atoms with Crippen LogP contribution in [0.15, 0.2) is 53.5 Å². The minimum atomic E-state index is -0.281. The molecule has 1 amide bonds. The molecule has 3 aromatic rings. The zero-order chi connectivity index (χ0) is 19.5. The van der Waals surface area contributed by atoms with Crippen molar-refractivity contribution in [2.75, 3.05) is 0 Å². The monoisotopic (exact) mass is 397 g/mol. The number of nitrogens with one attached hydrogen (secondary N) is 2. The number of ether oxygens (including phenoxy) is 1. The molecule has 0 radical (unpaired) electrons. The summed E-state index contributed by atoms with van der Waals surface area (Å²) in [6.45, 7) is 0. The topological polar surface area (TPSA) is 84.1 Å². The van der Waals surface area contributed by atoms with Gasteiger partial charge in [0.1, 0.15) is 6.10 Å². The van der Waals surface area contributed by atoms with Gasteiger partial charge in [0.2, 0.25) is 11.4 Å². The molecule has 0 atom stereocenters. The van der Waals surface area contributed by atoms with Gasteiger partial charge in [-0.15, -0.1) is 0 Å². The molecule has 1 aliphatic rings. The number of halogens is 1. The second-order valence-electron chi connectivity index (χ2n) is 6.97. The van der Waals surface area contributed by atoms with Crippen molar-refractivity contribution in [2.45, 2.75) is 37.8 Å². The molecule has 6 nitrogen and oxygen atoms in total. The van der Waals surface area contributed by atoms with Crippen LogP contribution in [0.25, 0.3) is 10.9 Å². The van der Waals surface area contributed by atoms with Crippen LogP contribution in [-0.4, -0.2) is 28.0 Å². The molecule has 2 heterocycles. The van der Waals surface area contributed by atoms with Gasteiger partial charge >= 0.3 is 0 Å². The first-order valence-corrected chi connectivity index (χ1v) is 9.67. The molecule has 4 rings (SSSR count). The van der Waals surface area contributed by atoms with E-state index in [4.69, 9.17) is 16.3 Å².